The fourth-order valence-corrected chi connectivity index (χ4v) is 3.60. The summed E-state index contributed by atoms with van der Waals surface area (Å²) in [6.07, 6.45) is 2.81. The van der Waals surface area contributed by atoms with E-state index >= 15 is 0 Å². The number of benzene rings is 2. The van der Waals surface area contributed by atoms with Gasteiger partial charge in [0.05, 0.1) is 0 Å². The Labute approximate surface area is 164 Å². The highest BCUT2D eigenvalue weighted by atomic mass is 16.5. The predicted molar refractivity (Wildman–Crippen MR) is 108 cm³/mol. The monoisotopic (exact) mass is 376 g/mol. The first kappa shape index (κ1) is 18.2. The molecular formula is C22H24N4O2. The molecule has 0 saturated carbocycles. The normalized spacial score (nSPS) is 16.8. The van der Waals surface area contributed by atoms with E-state index in [-0.39, 0.29) is 12.1 Å². The van der Waals surface area contributed by atoms with Crippen LogP contribution in [0.25, 0.3) is 11.4 Å². The molecule has 0 radical (unpaired) electrons. The molecule has 0 bridgehead atoms. The molecule has 1 aromatic heterocycles. The van der Waals surface area contributed by atoms with Gasteiger partial charge >= 0.3 is 6.03 Å². The molecule has 144 valence electrons. The van der Waals surface area contributed by atoms with Crippen LogP contribution in [0.4, 0.5) is 10.5 Å². The Morgan fingerprint density at radius 2 is 2.00 bits per heavy atom. The van der Waals surface area contributed by atoms with Gasteiger partial charge in [-0.15, -0.1) is 0 Å². The number of likely N-dealkylation sites (tertiary alicyclic amines) is 1. The van der Waals surface area contributed by atoms with E-state index in [2.05, 4.69) is 15.5 Å². The van der Waals surface area contributed by atoms with Crippen molar-refractivity contribution in [3.63, 3.8) is 0 Å². The number of piperidine rings is 1. The molecule has 2 heterocycles. The molecule has 3 aromatic rings. The maximum Gasteiger partial charge on any atom is 0.322 e. The summed E-state index contributed by atoms with van der Waals surface area (Å²) >= 11 is 0. The van der Waals surface area contributed by atoms with Gasteiger partial charge in [-0.3, -0.25) is 0 Å². The van der Waals surface area contributed by atoms with Crippen molar-refractivity contribution in [3.05, 3.63) is 65.5 Å². The van der Waals surface area contributed by atoms with Crippen molar-refractivity contribution in [2.45, 2.75) is 39.2 Å². The number of aryl methyl sites for hydroxylation is 2. The average molecular weight is 376 g/mol. The number of hydrogen-bond acceptors (Lipinski definition) is 4. The van der Waals surface area contributed by atoms with Crippen LogP contribution in [0.1, 0.15) is 42.3 Å². The number of hydrogen-bond donors (Lipinski definition) is 1. The molecule has 0 spiro atoms. The topological polar surface area (TPSA) is 71.3 Å². The molecule has 1 fully saturated rings. The van der Waals surface area contributed by atoms with Gasteiger partial charge in [-0.1, -0.05) is 47.1 Å². The van der Waals surface area contributed by atoms with Crippen molar-refractivity contribution in [2.24, 2.45) is 0 Å². The highest BCUT2D eigenvalue weighted by Gasteiger charge is 2.32. The smallest absolute Gasteiger partial charge is 0.322 e. The van der Waals surface area contributed by atoms with Gasteiger partial charge in [0, 0.05) is 17.8 Å². The maximum atomic E-state index is 12.9. The van der Waals surface area contributed by atoms with Crippen molar-refractivity contribution in [1.82, 2.24) is 15.0 Å². The Morgan fingerprint density at radius 1 is 1.14 bits per heavy atom. The van der Waals surface area contributed by atoms with Gasteiger partial charge < -0.3 is 14.7 Å². The average Bonchev–Trinajstić information content (AvgIpc) is 3.20. The van der Waals surface area contributed by atoms with E-state index in [1.54, 1.807) is 0 Å². The summed E-state index contributed by atoms with van der Waals surface area (Å²) in [5, 5.41) is 7.17. The molecule has 6 heteroatoms. The number of nitrogens with zero attached hydrogens (tertiary/aromatic N) is 3. The van der Waals surface area contributed by atoms with Gasteiger partial charge in [-0.25, -0.2) is 4.79 Å². The van der Waals surface area contributed by atoms with Crippen LogP contribution < -0.4 is 5.32 Å². The second-order valence-corrected chi connectivity index (χ2v) is 7.28. The molecular weight excluding hydrogens is 352 g/mol. The Morgan fingerprint density at radius 3 is 2.82 bits per heavy atom. The third-order valence-corrected chi connectivity index (χ3v) is 5.15. The van der Waals surface area contributed by atoms with Crippen LogP contribution in [0.3, 0.4) is 0 Å². The molecule has 1 aliphatic heterocycles. The van der Waals surface area contributed by atoms with E-state index in [4.69, 9.17) is 4.52 Å². The first-order valence-electron chi connectivity index (χ1n) is 9.66. The zero-order valence-corrected chi connectivity index (χ0v) is 16.2. The van der Waals surface area contributed by atoms with Crippen LogP contribution in [0.5, 0.6) is 0 Å². The molecule has 0 aliphatic carbocycles. The third-order valence-electron chi connectivity index (χ3n) is 5.15. The Bertz CT molecular complexity index is 982. The van der Waals surface area contributed by atoms with Crippen LogP contribution in [-0.2, 0) is 0 Å². The second-order valence-electron chi connectivity index (χ2n) is 7.28. The molecule has 2 amide bonds. The van der Waals surface area contributed by atoms with Crippen LogP contribution in [-0.4, -0.2) is 27.6 Å². The number of para-hydroxylation sites is 1. The molecule has 1 aliphatic rings. The summed E-state index contributed by atoms with van der Waals surface area (Å²) in [5.74, 6) is 1.06. The van der Waals surface area contributed by atoms with E-state index < -0.39 is 0 Å². The minimum absolute atomic E-state index is 0.130. The highest BCUT2D eigenvalue weighted by molar-refractivity contribution is 5.90. The van der Waals surface area contributed by atoms with E-state index in [1.807, 2.05) is 67.3 Å². The zero-order valence-electron chi connectivity index (χ0n) is 16.2. The fraction of sp³-hybridized carbons (Fsp3) is 0.318. The van der Waals surface area contributed by atoms with Gasteiger partial charge in [-0.05, 0) is 50.8 Å². The summed E-state index contributed by atoms with van der Waals surface area (Å²) in [4.78, 5) is 19.4. The van der Waals surface area contributed by atoms with Crippen molar-refractivity contribution >= 4 is 11.7 Å². The summed E-state index contributed by atoms with van der Waals surface area (Å²) in [7, 11) is 0. The maximum absolute atomic E-state index is 12.9. The van der Waals surface area contributed by atoms with E-state index in [9.17, 15) is 4.79 Å². The number of nitrogens with one attached hydrogen (secondary N) is 1. The van der Waals surface area contributed by atoms with E-state index in [0.29, 0.717) is 18.3 Å². The van der Waals surface area contributed by atoms with Gasteiger partial charge in [-0.2, -0.15) is 4.98 Å². The zero-order chi connectivity index (χ0) is 19.5. The molecule has 28 heavy (non-hydrogen) atoms. The lowest BCUT2D eigenvalue weighted by Gasteiger charge is -2.33. The number of urea groups is 1. The largest absolute Gasteiger partial charge is 0.337 e. The minimum atomic E-state index is -0.205. The molecule has 1 N–H and O–H groups in total. The lowest BCUT2D eigenvalue weighted by molar-refractivity contribution is 0.142. The summed E-state index contributed by atoms with van der Waals surface area (Å²) in [5.41, 5.74) is 3.91. The number of carbonyl (C=O) groups is 1. The molecule has 1 saturated heterocycles. The third kappa shape index (κ3) is 3.76. The number of rotatable bonds is 3. The Balaban J connectivity index is 1.56. The Kier molecular flexibility index (Phi) is 5.10. The van der Waals surface area contributed by atoms with Crippen LogP contribution in [0, 0.1) is 13.8 Å². The highest BCUT2D eigenvalue weighted by Crippen LogP contribution is 2.32. The first-order chi connectivity index (χ1) is 13.6. The minimum Gasteiger partial charge on any atom is -0.337 e. The summed E-state index contributed by atoms with van der Waals surface area (Å²) in [6, 6.07) is 15.4. The summed E-state index contributed by atoms with van der Waals surface area (Å²) in [6.45, 7) is 4.68. The standard InChI is InChI=1S/C22H24N4O2/c1-15-8-7-10-17(14-15)20-24-21(28-25-20)19-12-5-6-13-26(19)22(27)23-18-11-4-3-9-16(18)2/h3-4,7-11,14,19H,5-6,12-13H2,1-2H3,(H,23,27). The lowest BCUT2D eigenvalue weighted by Crippen LogP contribution is -2.41. The molecule has 6 nitrogen and oxygen atoms in total. The van der Waals surface area contributed by atoms with E-state index in [0.717, 1.165) is 41.6 Å². The molecule has 4 rings (SSSR count). The van der Waals surface area contributed by atoms with Crippen molar-refractivity contribution in [3.8, 4) is 11.4 Å². The van der Waals surface area contributed by atoms with Crippen LogP contribution >= 0.6 is 0 Å². The fourth-order valence-electron chi connectivity index (χ4n) is 3.60. The van der Waals surface area contributed by atoms with E-state index in [1.165, 1.54) is 0 Å². The van der Waals surface area contributed by atoms with Gasteiger partial charge in [0.25, 0.3) is 0 Å². The Hall–Kier alpha value is -3.15. The SMILES string of the molecule is Cc1cccc(-c2noc(C3CCCCN3C(=O)Nc3ccccc3C)n2)c1. The number of amides is 2. The van der Waals surface area contributed by atoms with Gasteiger partial charge in [0.2, 0.25) is 11.7 Å². The van der Waals surface area contributed by atoms with Crippen molar-refractivity contribution in [1.29, 1.82) is 0 Å². The lowest BCUT2D eigenvalue weighted by atomic mass is 10.0. The number of anilines is 1. The first-order valence-corrected chi connectivity index (χ1v) is 9.66. The van der Waals surface area contributed by atoms with Gasteiger partial charge in [0.1, 0.15) is 6.04 Å². The van der Waals surface area contributed by atoms with Crippen LogP contribution in [0.15, 0.2) is 53.1 Å². The van der Waals surface area contributed by atoms with Crippen molar-refractivity contribution < 1.29 is 9.32 Å². The quantitative estimate of drug-likeness (QED) is 0.689. The van der Waals surface area contributed by atoms with Crippen LogP contribution in [0.2, 0.25) is 0 Å². The summed E-state index contributed by atoms with van der Waals surface area (Å²) < 4.78 is 5.57. The predicted octanol–water partition coefficient (Wildman–Crippen LogP) is 5.11. The van der Waals surface area contributed by atoms with Gasteiger partial charge in [0.15, 0.2) is 0 Å². The second kappa shape index (κ2) is 7.84. The molecule has 1 atom stereocenters. The number of carbonyl (C=O) groups excluding carboxylic acids is 1. The molecule has 1 unspecified atom stereocenters. The van der Waals surface area contributed by atoms with Crippen molar-refractivity contribution in [2.75, 3.05) is 11.9 Å². The number of aromatic nitrogens is 2. The molecule has 2 aromatic carbocycles.